The zero-order chi connectivity index (χ0) is 12.7. The number of nitrogen functional groups attached to an aromatic ring is 1. The molecule has 2 nitrogen and oxygen atoms in total. The number of carbonyl (C=O) groups excluding carboxylic acids is 1. The van der Waals surface area contributed by atoms with Crippen LogP contribution in [0.4, 0.5) is 9.39 Å². The van der Waals surface area contributed by atoms with Gasteiger partial charge in [-0.05, 0) is 37.0 Å². The third-order valence-corrected chi connectivity index (χ3v) is 4.38. The Bertz CT molecular complexity index is 633. The van der Waals surface area contributed by atoms with E-state index in [2.05, 4.69) is 0 Å². The van der Waals surface area contributed by atoms with Crippen molar-refractivity contribution in [2.75, 3.05) is 5.73 Å². The molecule has 0 spiro atoms. The second-order valence-electron chi connectivity index (χ2n) is 4.44. The first-order valence-corrected chi connectivity index (χ1v) is 6.69. The Balaban J connectivity index is 2.08. The number of hydrogen-bond acceptors (Lipinski definition) is 3. The lowest BCUT2D eigenvalue weighted by Gasteiger charge is -2.03. The molecule has 92 valence electrons. The lowest BCUT2D eigenvalue weighted by Crippen LogP contribution is -2.05. The average Bonchev–Trinajstić information content (AvgIpc) is 2.88. The number of hydrogen-bond donors (Lipinski definition) is 1. The number of thiophene rings is 1. The molecule has 0 radical (unpaired) electrons. The van der Waals surface area contributed by atoms with Gasteiger partial charge in [0.15, 0.2) is 5.78 Å². The lowest BCUT2D eigenvalue weighted by molar-refractivity contribution is 0.103. The second-order valence-corrected chi connectivity index (χ2v) is 5.57. The third-order valence-electron chi connectivity index (χ3n) is 3.26. The monoisotopic (exact) mass is 261 g/mol. The van der Waals surface area contributed by atoms with Gasteiger partial charge in [0.2, 0.25) is 0 Å². The highest BCUT2D eigenvalue weighted by atomic mass is 32.1. The smallest absolute Gasteiger partial charge is 0.196 e. The molecule has 4 heteroatoms. The van der Waals surface area contributed by atoms with Crippen LogP contribution in [0.3, 0.4) is 0 Å². The largest absolute Gasteiger partial charge is 0.390 e. The van der Waals surface area contributed by atoms with Crippen LogP contribution in [-0.4, -0.2) is 5.78 Å². The molecule has 3 rings (SSSR count). The number of benzene rings is 1. The van der Waals surface area contributed by atoms with Gasteiger partial charge in [-0.2, -0.15) is 0 Å². The molecular formula is C14H12FNOS. The van der Waals surface area contributed by atoms with E-state index in [1.807, 2.05) is 0 Å². The first-order valence-electron chi connectivity index (χ1n) is 5.87. The molecular weight excluding hydrogens is 249 g/mol. The van der Waals surface area contributed by atoms with Crippen LogP contribution in [-0.2, 0) is 12.8 Å². The van der Waals surface area contributed by atoms with Crippen LogP contribution in [0.25, 0.3) is 0 Å². The fraction of sp³-hybridized carbons (Fsp3) is 0.214. The van der Waals surface area contributed by atoms with E-state index in [0.717, 1.165) is 24.8 Å². The highest BCUT2D eigenvalue weighted by Crippen LogP contribution is 2.38. The minimum atomic E-state index is -0.397. The summed E-state index contributed by atoms with van der Waals surface area (Å²) in [6.07, 6.45) is 2.98. The Kier molecular flexibility index (Phi) is 2.67. The van der Waals surface area contributed by atoms with Crippen LogP contribution in [0.2, 0.25) is 0 Å². The van der Waals surface area contributed by atoms with Gasteiger partial charge in [0.1, 0.15) is 5.82 Å². The number of nitrogens with two attached hydrogens (primary N) is 1. The summed E-state index contributed by atoms with van der Waals surface area (Å²) in [6, 6.07) is 5.77. The van der Waals surface area contributed by atoms with Gasteiger partial charge in [-0.25, -0.2) is 4.39 Å². The lowest BCUT2D eigenvalue weighted by atomic mass is 10.0. The van der Waals surface area contributed by atoms with Crippen LogP contribution in [0.5, 0.6) is 0 Å². The molecule has 0 fully saturated rings. The van der Waals surface area contributed by atoms with Crippen molar-refractivity contribution in [2.45, 2.75) is 19.3 Å². The van der Waals surface area contributed by atoms with Gasteiger partial charge in [0.25, 0.3) is 0 Å². The van der Waals surface area contributed by atoms with E-state index in [9.17, 15) is 9.18 Å². The number of anilines is 1. The maximum absolute atomic E-state index is 13.2. The standard InChI is InChI=1S/C14H12FNOS/c15-9-4-1-3-8(7-9)13(17)12-10-5-2-6-11(10)18-14(12)16/h1,3-4,7H,2,5-6,16H2. The summed E-state index contributed by atoms with van der Waals surface area (Å²) in [5.41, 5.74) is 7.97. The number of halogens is 1. The maximum Gasteiger partial charge on any atom is 0.196 e. The molecule has 2 aromatic rings. The van der Waals surface area contributed by atoms with Crippen LogP contribution < -0.4 is 5.73 Å². The van der Waals surface area contributed by atoms with E-state index in [1.165, 1.54) is 28.3 Å². The van der Waals surface area contributed by atoms with Crippen molar-refractivity contribution in [1.29, 1.82) is 0 Å². The topological polar surface area (TPSA) is 43.1 Å². The van der Waals surface area contributed by atoms with Gasteiger partial charge in [0, 0.05) is 10.4 Å². The van der Waals surface area contributed by atoms with Gasteiger partial charge < -0.3 is 5.73 Å². The number of carbonyl (C=O) groups is 1. The Morgan fingerprint density at radius 1 is 1.33 bits per heavy atom. The van der Waals surface area contributed by atoms with Crippen LogP contribution in [0.15, 0.2) is 24.3 Å². The predicted molar refractivity (Wildman–Crippen MR) is 70.6 cm³/mol. The SMILES string of the molecule is Nc1sc2c(c1C(=O)c1cccc(F)c1)CCC2. The van der Waals surface area contributed by atoms with Gasteiger partial charge in [-0.1, -0.05) is 12.1 Å². The fourth-order valence-corrected chi connectivity index (χ4v) is 3.61. The molecule has 0 amide bonds. The first-order chi connectivity index (χ1) is 8.66. The van der Waals surface area contributed by atoms with E-state index in [1.54, 1.807) is 12.1 Å². The highest BCUT2D eigenvalue weighted by molar-refractivity contribution is 7.16. The quantitative estimate of drug-likeness (QED) is 0.844. The fourth-order valence-electron chi connectivity index (χ4n) is 2.45. The van der Waals surface area contributed by atoms with E-state index in [0.29, 0.717) is 16.1 Å². The summed E-state index contributed by atoms with van der Waals surface area (Å²) in [5.74, 6) is -0.558. The summed E-state index contributed by atoms with van der Waals surface area (Å²) >= 11 is 1.49. The highest BCUT2D eigenvalue weighted by Gasteiger charge is 2.25. The van der Waals surface area contributed by atoms with Crippen molar-refractivity contribution >= 4 is 22.1 Å². The zero-order valence-electron chi connectivity index (χ0n) is 9.70. The minimum absolute atomic E-state index is 0.161. The molecule has 0 bridgehead atoms. The second kappa shape index (κ2) is 4.21. The van der Waals surface area contributed by atoms with Crippen LogP contribution in [0.1, 0.15) is 32.8 Å². The molecule has 1 aliphatic carbocycles. The average molecular weight is 261 g/mol. The molecule has 0 atom stereocenters. The predicted octanol–water partition coefficient (Wildman–Crippen LogP) is 3.19. The first kappa shape index (κ1) is 11.4. The van der Waals surface area contributed by atoms with Crippen LogP contribution in [0, 0.1) is 5.82 Å². The molecule has 2 N–H and O–H groups in total. The van der Waals surface area contributed by atoms with E-state index in [4.69, 9.17) is 5.73 Å². The van der Waals surface area contributed by atoms with Gasteiger partial charge in [0.05, 0.1) is 10.6 Å². The third kappa shape index (κ3) is 1.73. The van der Waals surface area contributed by atoms with Crippen molar-refractivity contribution < 1.29 is 9.18 Å². The summed E-state index contributed by atoms with van der Waals surface area (Å²) in [7, 11) is 0. The van der Waals surface area contributed by atoms with Crippen molar-refractivity contribution in [3.05, 3.63) is 51.7 Å². The van der Waals surface area contributed by atoms with E-state index >= 15 is 0 Å². The van der Waals surface area contributed by atoms with Gasteiger partial charge in [-0.15, -0.1) is 11.3 Å². The molecule has 0 aliphatic heterocycles. The molecule has 0 saturated heterocycles. The molecule has 0 saturated carbocycles. The van der Waals surface area contributed by atoms with Crippen molar-refractivity contribution in [3.63, 3.8) is 0 Å². The van der Waals surface area contributed by atoms with Crippen molar-refractivity contribution in [3.8, 4) is 0 Å². The number of rotatable bonds is 2. The van der Waals surface area contributed by atoms with E-state index < -0.39 is 5.82 Å². The van der Waals surface area contributed by atoms with Gasteiger partial charge in [-0.3, -0.25) is 4.79 Å². The van der Waals surface area contributed by atoms with Gasteiger partial charge >= 0.3 is 0 Å². The molecule has 0 unspecified atom stereocenters. The molecule has 1 heterocycles. The minimum Gasteiger partial charge on any atom is -0.390 e. The normalized spacial score (nSPS) is 13.6. The molecule has 1 aromatic carbocycles. The molecule has 18 heavy (non-hydrogen) atoms. The maximum atomic E-state index is 13.2. The Hall–Kier alpha value is -1.68. The number of aryl methyl sites for hydroxylation is 1. The molecule has 1 aromatic heterocycles. The Morgan fingerprint density at radius 3 is 2.94 bits per heavy atom. The Labute approximate surface area is 108 Å². The van der Waals surface area contributed by atoms with Crippen LogP contribution >= 0.6 is 11.3 Å². The summed E-state index contributed by atoms with van der Waals surface area (Å²) in [5, 5.41) is 0.564. The van der Waals surface area contributed by atoms with Crippen molar-refractivity contribution in [2.24, 2.45) is 0 Å². The summed E-state index contributed by atoms with van der Waals surface area (Å²) in [6.45, 7) is 0. The summed E-state index contributed by atoms with van der Waals surface area (Å²) < 4.78 is 13.2. The van der Waals surface area contributed by atoms with Crippen molar-refractivity contribution in [1.82, 2.24) is 0 Å². The number of ketones is 1. The number of fused-ring (bicyclic) bond motifs is 1. The summed E-state index contributed by atoms with van der Waals surface area (Å²) in [4.78, 5) is 13.6. The molecule has 1 aliphatic rings. The zero-order valence-corrected chi connectivity index (χ0v) is 10.5. The Morgan fingerprint density at radius 2 is 2.17 bits per heavy atom. The van der Waals surface area contributed by atoms with E-state index in [-0.39, 0.29) is 5.78 Å².